The highest BCUT2D eigenvalue weighted by Crippen LogP contribution is 2.14. The number of hydrogen-bond acceptors (Lipinski definition) is 5. The third-order valence-corrected chi connectivity index (χ3v) is 3.33. The fraction of sp³-hybridized carbons (Fsp3) is 0.692. The van der Waals surface area contributed by atoms with Gasteiger partial charge in [0.05, 0.1) is 4.92 Å². The monoisotopic (exact) mass is 297 g/mol. The molecule has 118 valence electrons. The zero-order chi connectivity index (χ0) is 15.8. The summed E-state index contributed by atoms with van der Waals surface area (Å²) in [4.78, 5) is 24.2. The molecule has 1 N–H and O–H groups in total. The van der Waals surface area contributed by atoms with Crippen LogP contribution in [0.3, 0.4) is 0 Å². The first-order valence-electron chi connectivity index (χ1n) is 7.15. The van der Waals surface area contributed by atoms with Gasteiger partial charge in [-0.15, -0.1) is 0 Å². The standard InChI is InChI=1S/C13H23N5O3/c1-4-16(5-2)9-7-14-13(19)6-8-17-10-12(18(20)21)11(3)15-17/h10H,4-9H2,1-3H3,(H,14,19). The van der Waals surface area contributed by atoms with Crippen LogP contribution in [0, 0.1) is 17.0 Å². The van der Waals surface area contributed by atoms with E-state index in [0.29, 0.717) is 18.8 Å². The van der Waals surface area contributed by atoms with Gasteiger partial charge in [0.15, 0.2) is 0 Å². The quantitative estimate of drug-likeness (QED) is 0.541. The first-order chi connectivity index (χ1) is 9.97. The molecule has 0 spiro atoms. The Balaban J connectivity index is 2.33. The number of amides is 1. The van der Waals surface area contributed by atoms with Crippen molar-refractivity contribution in [1.29, 1.82) is 0 Å². The molecule has 0 aromatic carbocycles. The summed E-state index contributed by atoms with van der Waals surface area (Å²) in [7, 11) is 0. The average molecular weight is 297 g/mol. The minimum Gasteiger partial charge on any atom is -0.355 e. The molecule has 0 aliphatic carbocycles. The molecule has 1 heterocycles. The molecule has 0 fully saturated rings. The average Bonchev–Trinajstić information content (AvgIpc) is 2.83. The number of nitrogens with zero attached hydrogens (tertiary/aromatic N) is 4. The second-order valence-electron chi connectivity index (χ2n) is 4.75. The number of carbonyl (C=O) groups is 1. The number of hydrogen-bond donors (Lipinski definition) is 1. The van der Waals surface area contributed by atoms with Gasteiger partial charge in [-0.1, -0.05) is 13.8 Å². The van der Waals surface area contributed by atoms with Crippen molar-refractivity contribution in [3.8, 4) is 0 Å². The Morgan fingerprint density at radius 3 is 2.67 bits per heavy atom. The Bertz CT molecular complexity index is 482. The second-order valence-corrected chi connectivity index (χ2v) is 4.75. The van der Waals surface area contributed by atoms with Gasteiger partial charge in [-0.05, 0) is 20.0 Å². The van der Waals surface area contributed by atoms with E-state index < -0.39 is 4.92 Å². The molecule has 1 amide bonds. The van der Waals surface area contributed by atoms with Crippen molar-refractivity contribution >= 4 is 11.6 Å². The number of likely N-dealkylation sites (N-methyl/N-ethyl adjacent to an activating group) is 1. The summed E-state index contributed by atoms with van der Waals surface area (Å²) in [6.45, 7) is 9.44. The minimum absolute atomic E-state index is 0.0167. The maximum Gasteiger partial charge on any atom is 0.309 e. The van der Waals surface area contributed by atoms with Crippen molar-refractivity contribution in [1.82, 2.24) is 20.0 Å². The van der Waals surface area contributed by atoms with Gasteiger partial charge in [0.2, 0.25) is 5.91 Å². The van der Waals surface area contributed by atoms with Crippen LogP contribution in [0.2, 0.25) is 0 Å². The van der Waals surface area contributed by atoms with E-state index in [1.165, 1.54) is 10.9 Å². The topological polar surface area (TPSA) is 93.3 Å². The lowest BCUT2D eigenvalue weighted by molar-refractivity contribution is -0.385. The largest absolute Gasteiger partial charge is 0.355 e. The van der Waals surface area contributed by atoms with Gasteiger partial charge in [-0.3, -0.25) is 19.6 Å². The fourth-order valence-corrected chi connectivity index (χ4v) is 2.00. The Labute approximate surface area is 124 Å². The predicted octanol–water partition coefficient (Wildman–Crippen LogP) is 0.948. The molecular formula is C13H23N5O3. The van der Waals surface area contributed by atoms with Gasteiger partial charge >= 0.3 is 5.69 Å². The highest BCUT2D eigenvalue weighted by molar-refractivity contribution is 5.75. The summed E-state index contributed by atoms with van der Waals surface area (Å²) >= 11 is 0. The van der Waals surface area contributed by atoms with Crippen LogP contribution in [0.4, 0.5) is 5.69 Å². The van der Waals surface area contributed by atoms with Crippen molar-refractivity contribution in [3.63, 3.8) is 0 Å². The maximum atomic E-state index is 11.7. The van der Waals surface area contributed by atoms with Crippen LogP contribution in [-0.2, 0) is 11.3 Å². The SMILES string of the molecule is CCN(CC)CCNC(=O)CCn1cc([N+](=O)[O-])c(C)n1. The molecule has 0 radical (unpaired) electrons. The highest BCUT2D eigenvalue weighted by Gasteiger charge is 2.15. The molecule has 0 aliphatic heterocycles. The summed E-state index contributed by atoms with van der Waals surface area (Å²) < 4.78 is 1.44. The molecule has 0 saturated heterocycles. The number of nitrogens with one attached hydrogen (secondary N) is 1. The van der Waals surface area contributed by atoms with E-state index in [1.54, 1.807) is 6.92 Å². The van der Waals surface area contributed by atoms with Crippen molar-refractivity contribution < 1.29 is 9.72 Å². The Hall–Kier alpha value is -1.96. The van der Waals surface area contributed by atoms with E-state index >= 15 is 0 Å². The van der Waals surface area contributed by atoms with Crippen LogP contribution in [0.15, 0.2) is 6.20 Å². The van der Waals surface area contributed by atoms with Crippen molar-refractivity contribution in [3.05, 3.63) is 22.0 Å². The second kappa shape index (κ2) is 8.35. The number of aryl methyl sites for hydroxylation is 2. The van der Waals surface area contributed by atoms with Gasteiger partial charge in [0.1, 0.15) is 11.9 Å². The number of nitro groups is 1. The molecular weight excluding hydrogens is 274 g/mol. The molecule has 1 aromatic rings. The molecule has 8 heteroatoms. The maximum absolute atomic E-state index is 11.7. The molecule has 0 unspecified atom stereocenters. The first kappa shape index (κ1) is 17.1. The summed E-state index contributed by atoms with van der Waals surface area (Å²) in [6, 6.07) is 0. The van der Waals surface area contributed by atoms with Crippen LogP contribution in [0.5, 0.6) is 0 Å². The summed E-state index contributed by atoms with van der Waals surface area (Å²) in [5.74, 6) is -0.0713. The van der Waals surface area contributed by atoms with Gasteiger partial charge in [0, 0.05) is 26.1 Å². The molecule has 1 rings (SSSR count). The summed E-state index contributed by atoms with van der Waals surface area (Å²) in [5, 5.41) is 17.6. The third-order valence-electron chi connectivity index (χ3n) is 3.33. The van der Waals surface area contributed by atoms with Crippen LogP contribution < -0.4 is 5.32 Å². The van der Waals surface area contributed by atoms with Crippen LogP contribution >= 0.6 is 0 Å². The lowest BCUT2D eigenvalue weighted by Crippen LogP contribution is -2.35. The Kier molecular flexibility index (Phi) is 6.80. The van der Waals surface area contributed by atoms with E-state index in [9.17, 15) is 14.9 Å². The third kappa shape index (κ3) is 5.50. The minimum atomic E-state index is -0.469. The fourth-order valence-electron chi connectivity index (χ4n) is 2.00. The van der Waals surface area contributed by atoms with Crippen LogP contribution in [-0.4, -0.2) is 51.7 Å². The molecule has 0 atom stereocenters. The van der Waals surface area contributed by atoms with E-state index in [1.807, 2.05) is 0 Å². The summed E-state index contributed by atoms with van der Waals surface area (Å²) in [5.41, 5.74) is 0.346. The van der Waals surface area contributed by atoms with Crippen LogP contribution in [0.25, 0.3) is 0 Å². The molecule has 0 bridgehead atoms. The highest BCUT2D eigenvalue weighted by atomic mass is 16.6. The van der Waals surface area contributed by atoms with E-state index in [-0.39, 0.29) is 18.0 Å². The van der Waals surface area contributed by atoms with Gasteiger partial charge in [-0.2, -0.15) is 5.10 Å². The normalized spacial score (nSPS) is 10.9. The van der Waals surface area contributed by atoms with Crippen molar-refractivity contribution in [2.45, 2.75) is 33.7 Å². The van der Waals surface area contributed by atoms with Gasteiger partial charge < -0.3 is 10.2 Å². The molecule has 0 saturated carbocycles. The lowest BCUT2D eigenvalue weighted by atomic mass is 10.4. The smallest absolute Gasteiger partial charge is 0.309 e. The zero-order valence-corrected chi connectivity index (χ0v) is 12.8. The lowest BCUT2D eigenvalue weighted by Gasteiger charge is -2.17. The number of aromatic nitrogens is 2. The predicted molar refractivity (Wildman–Crippen MR) is 79.0 cm³/mol. The Morgan fingerprint density at radius 2 is 2.14 bits per heavy atom. The van der Waals surface area contributed by atoms with E-state index in [4.69, 9.17) is 0 Å². The number of carbonyl (C=O) groups excluding carboxylic acids is 1. The molecule has 8 nitrogen and oxygen atoms in total. The van der Waals surface area contributed by atoms with Crippen LogP contribution in [0.1, 0.15) is 26.0 Å². The summed E-state index contributed by atoms with van der Waals surface area (Å²) in [6.07, 6.45) is 1.62. The molecule has 0 aliphatic rings. The van der Waals surface area contributed by atoms with Gasteiger partial charge in [-0.25, -0.2) is 0 Å². The molecule has 1 aromatic heterocycles. The zero-order valence-electron chi connectivity index (χ0n) is 12.8. The van der Waals surface area contributed by atoms with Crippen molar-refractivity contribution in [2.75, 3.05) is 26.2 Å². The Morgan fingerprint density at radius 1 is 1.48 bits per heavy atom. The van der Waals surface area contributed by atoms with Crippen molar-refractivity contribution in [2.24, 2.45) is 0 Å². The van der Waals surface area contributed by atoms with Gasteiger partial charge in [0.25, 0.3) is 0 Å². The first-order valence-corrected chi connectivity index (χ1v) is 7.15. The van der Waals surface area contributed by atoms with E-state index in [2.05, 4.69) is 29.2 Å². The van der Waals surface area contributed by atoms with E-state index in [0.717, 1.165) is 19.6 Å². The number of rotatable bonds is 9. The molecule has 21 heavy (non-hydrogen) atoms.